The molecule has 0 fully saturated rings. The number of benzene rings is 2. The molecule has 3 rings (SSSR count). The van der Waals surface area contributed by atoms with Crippen LogP contribution in [0.4, 0.5) is 11.4 Å². The van der Waals surface area contributed by atoms with Crippen LogP contribution in [0.1, 0.15) is 5.56 Å². The first kappa shape index (κ1) is 14.3. The van der Waals surface area contributed by atoms with Gasteiger partial charge in [0.1, 0.15) is 5.58 Å². The first-order chi connectivity index (χ1) is 10.5. The fourth-order valence-corrected chi connectivity index (χ4v) is 2.12. The summed E-state index contributed by atoms with van der Waals surface area (Å²) < 4.78 is 5.15. The second-order valence-corrected chi connectivity index (χ2v) is 5.20. The van der Waals surface area contributed by atoms with Gasteiger partial charge < -0.3 is 9.52 Å². The van der Waals surface area contributed by atoms with Crippen molar-refractivity contribution in [2.75, 3.05) is 0 Å². The van der Waals surface area contributed by atoms with Gasteiger partial charge in [-0.2, -0.15) is 5.11 Å². The van der Waals surface area contributed by atoms with Crippen molar-refractivity contribution in [3.05, 3.63) is 63.5 Å². The molecule has 0 radical (unpaired) electrons. The van der Waals surface area contributed by atoms with Gasteiger partial charge in [-0.25, -0.2) is 4.79 Å². The second-order valence-electron chi connectivity index (χ2n) is 4.76. The molecule has 22 heavy (non-hydrogen) atoms. The highest BCUT2D eigenvalue weighted by atomic mass is 35.5. The average Bonchev–Trinajstić information content (AvgIpc) is 2.50. The van der Waals surface area contributed by atoms with E-state index in [2.05, 4.69) is 10.2 Å². The monoisotopic (exact) mass is 314 g/mol. The minimum absolute atomic E-state index is 0.229. The SMILES string of the molecule is Cc1ccc2oc(=O)c(N=Nc3ccc(Cl)cc3)c(O)c2c1. The highest BCUT2D eigenvalue weighted by Crippen LogP contribution is 2.33. The summed E-state index contributed by atoms with van der Waals surface area (Å²) >= 11 is 5.78. The lowest BCUT2D eigenvalue weighted by molar-refractivity contribution is 0.469. The van der Waals surface area contributed by atoms with Gasteiger partial charge in [0.05, 0.1) is 11.1 Å². The van der Waals surface area contributed by atoms with Crippen molar-refractivity contribution < 1.29 is 9.52 Å². The molecular weight excluding hydrogens is 304 g/mol. The fourth-order valence-electron chi connectivity index (χ4n) is 1.99. The third kappa shape index (κ3) is 2.71. The van der Waals surface area contributed by atoms with Crippen molar-refractivity contribution >= 4 is 33.9 Å². The Morgan fingerprint density at radius 1 is 1.09 bits per heavy atom. The van der Waals surface area contributed by atoms with Crippen molar-refractivity contribution in [1.82, 2.24) is 0 Å². The normalized spacial score (nSPS) is 11.4. The summed E-state index contributed by atoms with van der Waals surface area (Å²) in [7, 11) is 0. The molecule has 2 aromatic carbocycles. The summed E-state index contributed by atoms with van der Waals surface area (Å²) in [5.41, 5.74) is 0.767. The molecule has 0 saturated carbocycles. The van der Waals surface area contributed by atoms with E-state index in [9.17, 15) is 9.90 Å². The molecule has 3 aromatic rings. The van der Waals surface area contributed by atoms with E-state index in [-0.39, 0.29) is 11.4 Å². The number of hydrogen-bond acceptors (Lipinski definition) is 5. The van der Waals surface area contributed by atoms with Crippen LogP contribution in [0.3, 0.4) is 0 Å². The number of halogens is 1. The molecule has 5 nitrogen and oxygen atoms in total. The van der Waals surface area contributed by atoms with Gasteiger partial charge in [0.25, 0.3) is 0 Å². The average molecular weight is 315 g/mol. The molecule has 110 valence electrons. The quantitative estimate of drug-likeness (QED) is 0.541. The lowest BCUT2D eigenvalue weighted by Gasteiger charge is -2.03. The zero-order valence-corrected chi connectivity index (χ0v) is 12.3. The summed E-state index contributed by atoms with van der Waals surface area (Å²) in [4.78, 5) is 11.9. The van der Waals surface area contributed by atoms with Gasteiger partial charge in [0, 0.05) is 5.02 Å². The summed E-state index contributed by atoms with van der Waals surface area (Å²) in [5, 5.41) is 19.0. The topological polar surface area (TPSA) is 75.2 Å². The molecule has 1 N–H and O–H groups in total. The van der Waals surface area contributed by atoms with Gasteiger partial charge in [-0.3, -0.25) is 0 Å². The Balaban J connectivity index is 2.10. The van der Waals surface area contributed by atoms with Crippen LogP contribution >= 0.6 is 11.6 Å². The largest absolute Gasteiger partial charge is 0.505 e. The van der Waals surface area contributed by atoms with E-state index in [0.29, 0.717) is 21.7 Å². The lowest BCUT2D eigenvalue weighted by atomic mass is 10.1. The summed E-state index contributed by atoms with van der Waals surface area (Å²) in [6.45, 7) is 1.87. The van der Waals surface area contributed by atoms with Gasteiger partial charge in [-0.1, -0.05) is 23.2 Å². The van der Waals surface area contributed by atoms with Gasteiger partial charge in [-0.05, 0) is 43.3 Å². The Morgan fingerprint density at radius 2 is 1.82 bits per heavy atom. The van der Waals surface area contributed by atoms with Crippen molar-refractivity contribution in [3.63, 3.8) is 0 Å². The maximum atomic E-state index is 11.9. The zero-order valence-electron chi connectivity index (χ0n) is 11.6. The Kier molecular flexibility index (Phi) is 3.65. The maximum absolute atomic E-state index is 11.9. The predicted octanol–water partition coefficient (Wildman–Crippen LogP) is 4.88. The molecule has 0 saturated heterocycles. The fraction of sp³-hybridized carbons (Fsp3) is 0.0625. The molecule has 0 aliphatic heterocycles. The summed E-state index contributed by atoms with van der Waals surface area (Å²) in [6, 6.07) is 11.7. The molecule has 0 atom stereocenters. The number of fused-ring (bicyclic) bond motifs is 1. The van der Waals surface area contributed by atoms with E-state index in [4.69, 9.17) is 16.0 Å². The van der Waals surface area contributed by atoms with E-state index in [0.717, 1.165) is 5.56 Å². The Labute approximate surface area is 130 Å². The lowest BCUT2D eigenvalue weighted by Crippen LogP contribution is -1.98. The van der Waals surface area contributed by atoms with Crippen LogP contribution in [0.5, 0.6) is 5.75 Å². The molecule has 1 heterocycles. The predicted molar refractivity (Wildman–Crippen MR) is 84.5 cm³/mol. The number of nitrogens with zero attached hydrogens (tertiary/aromatic N) is 2. The molecule has 0 bridgehead atoms. The van der Waals surface area contributed by atoms with Crippen molar-refractivity contribution in [3.8, 4) is 5.75 Å². The molecule has 6 heteroatoms. The molecule has 1 aromatic heterocycles. The number of aryl methyl sites for hydroxylation is 1. The minimum Gasteiger partial charge on any atom is -0.505 e. The van der Waals surface area contributed by atoms with Crippen LogP contribution in [-0.4, -0.2) is 5.11 Å². The first-order valence-electron chi connectivity index (χ1n) is 6.48. The molecule has 0 spiro atoms. The van der Waals surface area contributed by atoms with Crippen LogP contribution in [0.15, 0.2) is 61.9 Å². The van der Waals surface area contributed by atoms with Gasteiger partial charge in [-0.15, -0.1) is 5.11 Å². The number of rotatable bonds is 2. The third-order valence-electron chi connectivity index (χ3n) is 3.10. The highest BCUT2D eigenvalue weighted by Gasteiger charge is 2.13. The second kappa shape index (κ2) is 5.61. The van der Waals surface area contributed by atoms with E-state index >= 15 is 0 Å². The third-order valence-corrected chi connectivity index (χ3v) is 3.35. The van der Waals surface area contributed by atoms with Crippen LogP contribution in [-0.2, 0) is 0 Å². The smallest absolute Gasteiger partial charge is 0.368 e. The maximum Gasteiger partial charge on any atom is 0.368 e. The van der Waals surface area contributed by atoms with Crippen LogP contribution in [0, 0.1) is 6.92 Å². The van der Waals surface area contributed by atoms with E-state index in [1.54, 1.807) is 42.5 Å². The van der Waals surface area contributed by atoms with E-state index in [1.807, 2.05) is 6.92 Å². The number of azo groups is 1. The Morgan fingerprint density at radius 3 is 2.55 bits per heavy atom. The van der Waals surface area contributed by atoms with Crippen molar-refractivity contribution in [1.29, 1.82) is 0 Å². The Hall–Kier alpha value is -2.66. The van der Waals surface area contributed by atoms with Crippen LogP contribution in [0.2, 0.25) is 5.02 Å². The molecular formula is C16H11ClN2O3. The van der Waals surface area contributed by atoms with Gasteiger partial charge in [0.2, 0.25) is 5.69 Å². The van der Waals surface area contributed by atoms with Crippen LogP contribution < -0.4 is 5.63 Å². The van der Waals surface area contributed by atoms with Crippen molar-refractivity contribution in [2.45, 2.75) is 6.92 Å². The zero-order chi connectivity index (χ0) is 15.7. The molecule has 0 aliphatic carbocycles. The summed E-state index contributed by atoms with van der Waals surface area (Å²) in [5.74, 6) is -0.243. The Bertz CT molecular complexity index is 931. The molecule has 0 unspecified atom stereocenters. The molecule has 0 amide bonds. The van der Waals surface area contributed by atoms with Gasteiger partial charge >= 0.3 is 5.63 Å². The first-order valence-corrected chi connectivity index (χ1v) is 6.86. The highest BCUT2D eigenvalue weighted by molar-refractivity contribution is 6.30. The van der Waals surface area contributed by atoms with E-state index < -0.39 is 5.63 Å². The van der Waals surface area contributed by atoms with E-state index in [1.165, 1.54) is 0 Å². The molecule has 0 aliphatic rings. The standard InChI is InChI=1S/C16H11ClN2O3/c1-9-2-7-13-12(8-9)15(20)14(16(21)22-13)19-18-11-5-3-10(17)4-6-11/h2-8,20H,1H3. The van der Waals surface area contributed by atoms with Gasteiger partial charge in [0.15, 0.2) is 5.75 Å². The van der Waals surface area contributed by atoms with Crippen LogP contribution in [0.25, 0.3) is 11.0 Å². The van der Waals surface area contributed by atoms with Crippen molar-refractivity contribution in [2.24, 2.45) is 10.2 Å². The number of aromatic hydroxyl groups is 1. The summed E-state index contributed by atoms with van der Waals surface area (Å²) in [6.07, 6.45) is 0. The number of hydrogen-bond donors (Lipinski definition) is 1. The minimum atomic E-state index is -0.744.